The van der Waals surface area contributed by atoms with Gasteiger partial charge in [-0.05, 0) is 78.1 Å². The van der Waals surface area contributed by atoms with Gasteiger partial charge in [0.2, 0.25) is 0 Å². The molecular formula is C14H17I2NO4. The average Bonchev–Trinajstić information content (AvgIpc) is 2.39. The Morgan fingerprint density at radius 2 is 1.95 bits per heavy atom. The van der Waals surface area contributed by atoms with Gasteiger partial charge in [-0.1, -0.05) is 0 Å². The first kappa shape index (κ1) is 18.5. The molecular weight excluding hydrogens is 500 g/mol. The van der Waals surface area contributed by atoms with E-state index in [2.05, 4.69) is 22.6 Å². The summed E-state index contributed by atoms with van der Waals surface area (Å²) in [5, 5.41) is 10.1. The lowest BCUT2D eigenvalue weighted by Crippen LogP contribution is -2.41. The molecule has 0 unspecified atom stereocenters. The van der Waals surface area contributed by atoms with Gasteiger partial charge in [-0.15, -0.1) is 0 Å². The number of phenols is 1. The van der Waals surface area contributed by atoms with Gasteiger partial charge < -0.3 is 14.7 Å². The Kier molecular flexibility index (Phi) is 7.17. The van der Waals surface area contributed by atoms with Gasteiger partial charge in [0.1, 0.15) is 12.3 Å². The minimum absolute atomic E-state index is 0.0597. The van der Waals surface area contributed by atoms with E-state index >= 15 is 0 Å². The molecule has 0 spiro atoms. The molecule has 0 bridgehead atoms. The van der Waals surface area contributed by atoms with Crippen molar-refractivity contribution in [3.63, 3.8) is 0 Å². The molecule has 1 aromatic carbocycles. The van der Waals surface area contributed by atoms with Gasteiger partial charge in [0.25, 0.3) is 5.91 Å². The van der Waals surface area contributed by atoms with E-state index < -0.39 is 5.97 Å². The zero-order chi connectivity index (χ0) is 16.2. The Morgan fingerprint density at radius 3 is 2.48 bits per heavy atom. The Bertz CT molecular complexity index is 546. The molecule has 7 heteroatoms. The molecule has 1 N–H and O–H groups in total. The standard InChI is InChI=1S/C14H17I2NO4/c1-4-21-12(18)7-17(8(2)3)14(20)10-5-9(15)6-11(16)13(10)19/h5-6,8,19H,4,7H2,1-3H3. The largest absolute Gasteiger partial charge is 0.506 e. The number of rotatable bonds is 5. The average molecular weight is 517 g/mol. The summed E-state index contributed by atoms with van der Waals surface area (Å²) in [5.74, 6) is -0.901. The number of nitrogens with zero attached hydrogens (tertiary/aromatic N) is 1. The van der Waals surface area contributed by atoms with Crippen LogP contribution >= 0.6 is 45.2 Å². The van der Waals surface area contributed by atoms with Crippen LogP contribution in [0.15, 0.2) is 12.1 Å². The number of hydrogen-bond donors (Lipinski definition) is 1. The Balaban J connectivity index is 3.10. The first-order chi connectivity index (χ1) is 9.77. The van der Waals surface area contributed by atoms with Gasteiger partial charge in [-0.3, -0.25) is 9.59 Å². The number of phenolic OH excluding ortho intramolecular Hbond substituents is 1. The quantitative estimate of drug-likeness (QED) is 0.482. The van der Waals surface area contributed by atoms with E-state index in [0.29, 0.717) is 3.57 Å². The van der Waals surface area contributed by atoms with Gasteiger partial charge in [0.15, 0.2) is 0 Å². The SMILES string of the molecule is CCOC(=O)CN(C(=O)c1cc(I)cc(I)c1O)C(C)C. The smallest absolute Gasteiger partial charge is 0.325 e. The first-order valence-electron chi connectivity index (χ1n) is 6.42. The van der Waals surface area contributed by atoms with Crippen LogP contribution in [0.3, 0.4) is 0 Å². The van der Waals surface area contributed by atoms with Crippen LogP contribution in [0.4, 0.5) is 0 Å². The van der Waals surface area contributed by atoms with Crippen molar-refractivity contribution >= 4 is 57.1 Å². The number of carbonyl (C=O) groups excluding carboxylic acids is 2. The molecule has 0 aliphatic heterocycles. The number of ether oxygens (including phenoxy) is 1. The van der Waals surface area contributed by atoms with Gasteiger partial charge in [0, 0.05) is 9.61 Å². The van der Waals surface area contributed by atoms with Crippen molar-refractivity contribution in [1.29, 1.82) is 0 Å². The molecule has 0 atom stereocenters. The number of halogens is 2. The molecule has 0 aliphatic rings. The number of esters is 1. The zero-order valence-corrected chi connectivity index (χ0v) is 16.3. The normalized spacial score (nSPS) is 10.6. The summed E-state index contributed by atoms with van der Waals surface area (Å²) in [6.07, 6.45) is 0. The first-order valence-corrected chi connectivity index (χ1v) is 8.58. The molecule has 0 radical (unpaired) electrons. The molecule has 0 fully saturated rings. The summed E-state index contributed by atoms with van der Waals surface area (Å²) >= 11 is 4.05. The van der Waals surface area contributed by atoms with E-state index in [1.165, 1.54) is 4.90 Å². The van der Waals surface area contributed by atoms with Crippen LogP contribution < -0.4 is 0 Å². The minimum Gasteiger partial charge on any atom is -0.506 e. The molecule has 0 heterocycles. The molecule has 0 aromatic heterocycles. The third kappa shape index (κ3) is 4.97. The summed E-state index contributed by atoms with van der Waals surface area (Å²) in [5.41, 5.74) is 0.198. The summed E-state index contributed by atoms with van der Waals surface area (Å²) in [7, 11) is 0. The van der Waals surface area contributed by atoms with Crippen LogP contribution in [-0.4, -0.2) is 41.1 Å². The molecule has 0 saturated carbocycles. The highest BCUT2D eigenvalue weighted by atomic mass is 127. The van der Waals surface area contributed by atoms with E-state index in [1.807, 2.05) is 36.4 Å². The lowest BCUT2D eigenvalue weighted by atomic mass is 10.1. The van der Waals surface area contributed by atoms with E-state index in [0.717, 1.165) is 3.57 Å². The van der Waals surface area contributed by atoms with Crippen molar-refractivity contribution in [2.45, 2.75) is 26.8 Å². The highest BCUT2D eigenvalue weighted by molar-refractivity contribution is 14.1. The predicted molar refractivity (Wildman–Crippen MR) is 96.3 cm³/mol. The minimum atomic E-state index is -0.459. The Labute approximate surface area is 151 Å². The fourth-order valence-corrected chi connectivity index (χ4v) is 3.56. The summed E-state index contributed by atoms with van der Waals surface area (Å²) in [6, 6.07) is 3.20. The highest BCUT2D eigenvalue weighted by Gasteiger charge is 2.25. The third-order valence-corrected chi connectivity index (χ3v) is 4.19. The number of amides is 1. The Morgan fingerprint density at radius 1 is 1.33 bits per heavy atom. The van der Waals surface area contributed by atoms with Crippen molar-refractivity contribution in [2.24, 2.45) is 0 Å². The van der Waals surface area contributed by atoms with E-state index in [9.17, 15) is 14.7 Å². The third-order valence-electron chi connectivity index (χ3n) is 2.75. The maximum absolute atomic E-state index is 12.6. The van der Waals surface area contributed by atoms with Crippen molar-refractivity contribution in [3.8, 4) is 5.75 Å². The van der Waals surface area contributed by atoms with Crippen molar-refractivity contribution in [1.82, 2.24) is 4.90 Å². The van der Waals surface area contributed by atoms with Gasteiger partial charge in [-0.2, -0.15) is 0 Å². The molecule has 116 valence electrons. The van der Waals surface area contributed by atoms with Crippen LogP contribution in [-0.2, 0) is 9.53 Å². The van der Waals surface area contributed by atoms with E-state index in [-0.39, 0.29) is 36.4 Å². The lowest BCUT2D eigenvalue weighted by molar-refractivity contribution is -0.144. The number of benzene rings is 1. The van der Waals surface area contributed by atoms with Gasteiger partial charge in [-0.25, -0.2) is 0 Å². The number of aromatic hydroxyl groups is 1. The second-order valence-electron chi connectivity index (χ2n) is 4.62. The Hall–Kier alpha value is -0.580. The fraction of sp³-hybridized carbons (Fsp3) is 0.429. The monoisotopic (exact) mass is 517 g/mol. The van der Waals surface area contributed by atoms with Crippen LogP contribution in [0.1, 0.15) is 31.1 Å². The maximum atomic E-state index is 12.6. The van der Waals surface area contributed by atoms with Gasteiger partial charge in [0.05, 0.1) is 15.7 Å². The second kappa shape index (κ2) is 8.16. The molecule has 1 rings (SSSR count). The molecule has 5 nitrogen and oxygen atoms in total. The topological polar surface area (TPSA) is 66.8 Å². The maximum Gasteiger partial charge on any atom is 0.325 e. The van der Waals surface area contributed by atoms with Crippen LogP contribution in [0.5, 0.6) is 5.75 Å². The lowest BCUT2D eigenvalue weighted by Gasteiger charge is -2.26. The summed E-state index contributed by atoms with van der Waals surface area (Å²) in [6.45, 7) is 5.48. The predicted octanol–water partition coefficient (Wildman–Crippen LogP) is 3.02. The van der Waals surface area contributed by atoms with Crippen LogP contribution in [0.2, 0.25) is 0 Å². The van der Waals surface area contributed by atoms with E-state index in [1.54, 1.807) is 19.1 Å². The molecule has 1 amide bonds. The zero-order valence-electron chi connectivity index (χ0n) is 12.0. The van der Waals surface area contributed by atoms with Crippen molar-refractivity contribution in [3.05, 3.63) is 24.8 Å². The molecule has 0 aliphatic carbocycles. The molecule has 0 saturated heterocycles. The summed E-state index contributed by atoms with van der Waals surface area (Å²) < 4.78 is 6.33. The summed E-state index contributed by atoms with van der Waals surface area (Å²) in [4.78, 5) is 25.6. The fourth-order valence-electron chi connectivity index (χ4n) is 1.72. The van der Waals surface area contributed by atoms with Crippen molar-refractivity contribution < 1.29 is 19.4 Å². The molecule has 21 heavy (non-hydrogen) atoms. The van der Waals surface area contributed by atoms with Crippen LogP contribution in [0.25, 0.3) is 0 Å². The van der Waals surface area contributed by atoms with E-state index in [4.69, 9.17) is 4.74 Å². The van der Waals surface area contributed by atoms with Gasteiger partial charge >= 0.3 is 5.97 Å². The second-order valence-corrected chi connectivity index (χ2v) is 7.02. The highest BCUT2D eigenvalue weighted by Crippen LogP contribution is 2.28. The molecule has 1 aromatic rings. The number of carbonyl (C=O) groups is 2. The van der Waals surface area contributed by atoms with Crippen molar-refractivity contribution in [2.75, 3.05) is 13.2 Å². The van der Waals surface area contributed by atoms with Crippen LogP contribution in [0, 0.1) is 7.14 Å². The number of hydrogen-bond acceptors (Lipinski definition) is 4.